The van der Waals surface area contributed by atoms with Crippen LogP contribution in [0.4, 0.5) is 5.69 Å². The molecule has 1 aliphatic heterocycles. The van der Waals surface area contributed by atoms with Gasteiger partial charge in [0.25, 0.3) is 10.0 Å². The van der Waals surface area contributed by atoms with Gasteiger partial charge in [0, 0.05) is 19.2 Å². The minimum atomic E-state index is -4.11. The molecule has 8 heteroatoms. The Kier molecular flexibility index (Phi) is 5.29. The average molecular weight is 388 g/mol. The van der Waals surface area contributed by atoms with Gasteiger partial charge in [0.2, 0.25) is 11.8 Å². The first kappa shape index (κ1) is 19.1. The summed E-state index contributed by atoms with van der Waals surface area (Å²) in [4.78, 5) is 25.2. The highest BCUT2D eigenvalue weighted by molar-refractivity contribution is 7.90. The number of nitrogens with zero attached hydrogens (tertiary/aromatic N) is 1. The van der Waals surface area contributed by atoms with Gasteiger partial charge in [0.1, 0.15) is 0 Å². The van der Waals surface area contributed by atoms with Crippen molar-refractivity contribution < 1.29 is 23.1 Å². The van der Waals surface area contributed by atoms with Gasteiger partial charge < -0.3 is 10.0 Å². The number of carbonyl (C=O) groups excluding carboxylic acids is 2. The SMILES string of the molecule is CC(=O)N1CCc2ccc(S(=O)(=O)NC(=O)CC(O)c3ccccc3)cc21. The van der Waals surface area contributed by atoms with E-state index in [1.54, 1.807) is 36.4 Å². The fourth-order valence-corrected chi connectivity index (χ4v) is 4.09. The van der Waals surface area contributed by atoms with Gasteiger partial charge in [-0.15, -0.1) is 0 Å². The van der Waals surface area contributed by atoms with E-state index in [2.05, 4.69) is 0 Å². The fraction of sp³-hybridized carbons (Fsp3) is 0.263. The van der Waals surface area contributed by atoms with Crippen LogP contribution in [0.15, 0.2) is 53.4 Å². The summed E-state index contributed by atoms with van der Waals surface area (Å²) in [5.74, 6) is -0.978. The minimum absolute atomic E-state index is 0.100. The second-order valence-electron chi connectivity index (χ2n) is 6.37. The number of aliphatic hydroxyl groups is 1. The quantitative estimate of drug-likeness (QED) is 0.808. The van der Waals surface area contributed by atoms with E-state index in [0.717, 1.165) is 5.56 Å². The fourth-order valence-electron chi connectivity index (χ4n) is 3.07. The molecule has 0 spiro atoms. The lowest BCUT2D eigenvalue weighted by molar-refractivity contribution is -0.121. The summed E-state index contributed by atoms with van der Waals surface area (Å²) in [7, 11) is -4.11. The number of rotatable bonds is 5. The van der Waals surface area contributed by atoms with Crippen LogP contribution in [-0.2, 0) is 26.0 Å². The molecule has 7 nitrogen and oxygen atoms in total. The monoisotopic (exact) mass is 388 g/mol. The largest absolute Gasteiger partial charge is 0.388 e. The number of hydrogen-bond acceptors (Lipinski definition) is 5. The Morgan fingerprint density at radius 3 is 2.56 bits per heavy atom. The Morgan fingerprint density at radius 1 is 1.19 bits per heavy atom. The third kappa shape index (κ3) is 4.17. The molecule has 27 heavy (non-hydrogen) atoms. The number of benzene rings is 2. The second-order valence-corrected chi connectivity index (χ2v) is 8.05. The number of fused-ring (bicyclic) bond motifs is 1. The molecule has 0 bridgehead atoms. The Hall–Kier alpha value is -2.71. The predicted molar refractivity (Wildman–Crippen MR) is 99.5 cm³/mol. The maximum Gasteiger partial charge on any atom is 0.264 e. The van der Waals surface area contributed by atoms with Gasteiger partial charge in [-0.2, -0.15) is 0 Å². The van der Waals surface area contributed by atoms with Gasteiger partial charge in [-0.05, 0) is 29.7 Å². The minimum Gasteiger partial charge on any atom is -0.388 e. The van der Waals surface area contributed by atoms with Gasteiger partial charge in [-0.25, -0.2) is 13.1 Å². The number of aliphatic hydroxyl groups excluding tert-OH is 1. The van der Waals surface area contributed by atoms with E-state index < -0.39 is 22.0 Å². The van der Waals surface area contributed by atoms with E-state index in [4.69, 9.17) is 0 Å². The lowest BCUT2D eigenvalue weighted by Gasteiger charge is -2.16. The van der Waals surface area contributed by atoms with Crippen molar-refractivity contribution in [3.63, 3.8) is 0 Å². The van der Waals surface area contributed by atoms with Gasteiger partial charge >= 0.3 is 0 Å². The molecule has 0 aromatic heterocycles. The summed E-state index contributed by atoms with van der Waals surface area (Å²) in [6.07, 6.45) is -0.826. The zero-order chi connectivity index (χ0) is 19.6. The van der Waals surface area contributed by atoms with Crippen molar-refractivity contribution in [2.45, 2.75) is 30.8 Å². The van der Waals surface area contributed by atoms with Gasteiger partial charge in [0.15, 0.2) is 0 Å². The Morgan fingerprint density at radius 2 is 1.89 bits per heavy atom. The molecule has 0 saturated heterocycles. The topological polar surface area (TPSA) is 104 Å². The highest BCUT2D eigenvalue weighted by atomic mass is 32.2. The summed E-state index contributed by atoms with van der Waals surface area (Å²) >= 11 is 0. The number of amides is 2. The maximum atomic E-state index is 12.5. The lowest BCUT2D eigenvalue weighted by atomic mass is 10.1. The van der Waals surface area contributed by atoms with Gasteiger partial charge in [-0.3, -0.25) is 9.59 Å². The van der Waals surface area contributed by atoms with Crippen molar-refractivity contribution in [3.05, 3.63) is 59.7 Å². The van der Waals surface area contributed by atoms with Crippen LogP contribution >= 0.6 is 0 Å². The van der Waals surface area contributed by atoms with Crippen LogP contribution < -0.4 is 9.62 Å². The van der Waals surface area contributed by atoms with E-state index in [1.165, 1.54) is 24.0 Å². The van der Waals surface area contributed by atoms with Crippen molar-refractivity contribution in [1.82, 2.24) is 4.72 Å². The van der Waals surface area contributed by atoms with E-state index in [9.17, 15) is 23.1 Å². The molecule has 0 fully saturated rings. The standard InChI is InChI=1S/C19H20N2O5S/c1-13(22)21-10-9-14-7-8-16(11-17(14)21)27(25,26)20-19(24)12-18(23)15-5-3-2-4-6-15/h2-8,11,18,23H,9-10,12H2,1H3,(H,20,24). The molecule has 2 N–H and O–H groups in total. The zero-order valence-electron chi connectivity index (χ0n) is 14.8. The third-order valence-electron chi connectivity index (χ3n) is 4.45. The van der Waals surface area contributed by atoms with Crippen LogP contribution in [0.5, 0.6) is 0 Å². The molecule has 2 aromatic carbocycles. The zero-order valence-corrected chi connectivity index (χ0v) is 15.6. The summed E-state index contributed by atoms with van der Waals surface area (Å²) in [6.45, 7) is 1.92. The number of sulfonamides is 1. The Labute approximate surface area is 157 Å². The first-order chi connectivity index (χ1) is 12.8. The molecular formula is C19H20N2O5S. The molecule has 0 saturated carbocycles. The first-order valence-corrected chi connectivity index (χ1v) is 9.96. The molecule has 1 unspecified atom stereocenters. The highest BCUT2D eigenvalue weighted by Gasteiger charge is 2.26. The molecule has 0 radical (unpaired) electrons. The molecular weight excluding hydrogens is 368 g/mol. The normalized spacial score (nSPS) is 14.5. The Bertz CT molecular complexity index is 973. The van der Waals surface area contributed by atoms with Crippen LogP contribution in [0.25, 0.3) is 0 Å². The number of anilines is 1. The summed E-state index contributed by atoms with van der Waals surface area (Å²) in [5, 5.41) is 10.1. The molecule has 1 atom stereocenters. The van der Waals surface area contributed by atoms with Crippen molar-refractivity contribution >= 4 is 27.5 Å². The summed E-state index contributed by atoms with van der Waals surface area (Å²) in [5.41, 5.74) is 1.96. The molecule has 142 valence electrons. The van der Waals surface area contributed by atoms with Crippen LogP contribution in [0, 0.1) is 0 Å². The molecule has 2 aromatic rings. The number of carbonyl (C=O) groups is 2. The Balaban J connectivity index is 1.74. The maximum absolute atomic E-state index is 12.5. The predicted octanol–water partition coefficient (Wildman–Crippen LogP) is 1.52. The summed E-state index contributed by atoms with van der Waals surface area (Å²) in [6, 6.07) is 13.0. The third-order valence-corrected chi connectivity index (χ3v) is 5.82. The molecule has 3 rings (SSSR count). The van der Waals surface area contributed by atoms with Crippen molar-refractivity contribution in [2.24, 2.45) is 0 Å². The molecule has 1 aliphatic rings. The van der Waals surface area contributed by atoms with Crippen LogP contribution in [0.3, 0.4) is 0 Å². The van der Waals surface area contributed by atoms with Crippen molar-refractivity contribution in [1.29, 1.82) is 0 Å². The van der Waals surface area contributed by atoms with Crippen LogP contribution in [0.2, 0.25) is 0 Å². The molecule has 1 heterocycles. The van der Waals surface area contributed by atoms with E-state index in [-0.39, 0.29) is 17.2 Å². The van der Waals surface area contributed by atoms with Gasteiger partial charge in [0.05, 0.1) is 17.4 Å². The number of hydrogen-bond donors (Lipinski definition) is 2. The van der Waals surface area contributed by atoms with Crippen molar-refractivity contribution in [2.75, 3.05) is 11.4 Å². The van der Waals surface area contributed by atoms with E-state index >= 15 is 0 Å². The van der Waals surface area contributed by atoms with Crippen LogP contribution in [-0.4, -0.2) is 31.9 Å². The van der Waals surface area contributed by atoms with Crippen LogP contribution in [0.1, 0.15) is 30.6 Å². The number of nitrogens with one attached hydrogen (secondary N) is 1. The average Bonchev–Trinajstić information content (AvgIpc) is 3.05. The molecule has 2 amide bonds. The van der Waals surface area contributed by atoms with Crippen molar-refractivity contribution in [3.8, 4) is 0 Å². The summed E-state index contributed by atoms with van der Waals surface area (Å²) < 4.78 is 27.0. The van der Waals surface area contributed by atoms with Gasteiger partial charge in [-0.1, -0.05) is 36.4 Å². The molecule has 0 aliphatic carbocycles. The highest BCUT2D eigenvalue weighted by Crippen LogP contribution is 2.30. The second kappa shape index (κ2) is 7.50. The first-order valence-electron chi connectivity index (χ1n) is 8.47. The lowest BCUT2D eigenvalue weighted by Crippen LogP contribution is -2.32. The van der Waals surface area contributed by atoms with E-state index in [1.807, 2.05) is 4.72 Å². The smallest absolute Gasteiger partial charge is 0.264 e. The van der Waals surface area contributed by atoms with E-state index in [0.29, 0.717) is 24.2 Å².